The van der Waals surface area contributed by atoms with Gasteiger partial charge in [-0.1, -0.05) is 36.8 Å². The highest BCUT2D eigenvalue weighted by Crippen LogP contribution is 2.31. The summed E-state index contributed by atoms with van der Waals surface area (Å²) in [4.78, 5) is 18.0. The maximum atomic E-state index is 11.3. The second kappa shape index (κ2) is 6.05. The second-order valence-corrected chi connectivity index (χ2v) is 5.70. The number of benzene rings is 1. The zero-order valence-electron chi connectivity index (χ0n) is 11.9. The molecule has 20 heavy (non-hydrogen) atoms. The number of hydrogen-bond acceptors (Lipinski definition) is 4. The van der Waals surface area contributed by atoms with Crippen LogP contribution in [0, 0.1) is 6.92 Å². The third-order valence-corrected chi connectivity index (χ3v) is 4.21. The number of carboxylic acid groups (broad SMARTS) is 1. The van der Waals surface area contributed by atoms with Crippen LogP contribution in [0.2, 0.25) is 0 Å². The monoisotopic (exact) mass is 290 g/mol. The number of thiazole rings is 1. The molecular formula is C15H18N2O2S. The van der Waals surface area contributed by atoms with Crippen molar-refractivity contribution in [1.29, 1.82) is 0 Å². The van der Waals surface area contributed by atoms with E-state index in [1.165, 1.54) is 11.3 Å². The van der Waals surface area contributed by atoms with E-state index in [1.807, 2.05) is 44.0 Å². The number of anilines is 2. The molecule has 4 nitrogen and oxygen atoms in total. The van der Waals surface area contributed by atoms with E-state index >= 15 is 0 Å². The molecule has 0 aliphatic carbocycles. The van der Waals surface area contributed by atoms with Crippen molar-refractivity contribution in [3.8, 4) is 0 Å². The number of carbonyl (C=O) groups is 1. The Balaban J connectivity index is 2.37. The zero-order valence-corrected chi connectivity index (χ0v) is 12.7. The van der Waals surface area contributed by atoms with Crippen LogP contribution in [0.5, 0.6) is 0 Å². The number of carboxylic acids is 1. The van der Waals surface area contributed by atoms with Crippen LogP contribution in [0.15, 0.2) is 24.3 Å². The van der Waals surface area contributed by atoms with Crippen molar-refractivity contribution >= 4 is 28.1 Å². The minimum absolute atomic E-state index is 0.348. The molecule has 0 aliphatic rings. The first kappa shape index (κ1) is 14.5. The minimum atomic E-state index is -0.894. The molecule has 1 aromatic carbocycles. The molecule has 106 valence electrons. The summed E-state index contributed by atoms with van der Waals surface area (Å²) >= 11 is 1.23. The van der Waals surface area contributed by atoms with Gasteiger partial charge in [0.2, 0.25) is 0 Å². The van der Waals surface area contributed by atoms with Gasteiger partial charge in [-0.2, -0.15) is 0 Å². The van der Waals surface area contributed by atoms with Crippen molar-refractivity contribution in [3.63, 3.8) is 0 Å². The Bertz CT molecular complexity index is 622. The van der Waals surface area contributed by atoms with Crippen molar-refractivity contribution in [2.45, 2.75) is 26.7 Å². The van der Waals surface area contributed by atoms with Crippen LogP contribution in [-0.4, -0.2) is 23.1 Å². The molecule has 0 aliphatic heterocycles. The van der Waals surface area contributed by atoms with Gasteiger partial charge in [-0.05, 0) is 31.0 Å². The predicted molar refractivity (Wildman–Crippen MR) is 82.3 cm³/mol. The number of aromatic carboxylic acids is 1. The standard InChI is InChI=1S/C15H18N2O2S/c1-4-6-12-13(14(18)19)20-15(16-12)17(3)11-8-5-7-10(2)9-11/h5,7-9H,4,6H2,1-3H3,(H,18,19). The van der Waals surface area contributed by atoms with Gasteiger partial charge in [0.05, 0.1) is 5.69 Å². The molecule has 0 saturated carbocycles. The van der Waals surface area contributed by atoms with Gasteiger partial charge < -0.3 is 10.0 Å². The lowest BCUT2D eigenvalue weighted by Crippen LogP contribution is -2.09. The van der Waals surface area contributed by atoms with E-state index < -0.39 is 5.97 Å². The van der Waals surface area contributed by atoms with Gasteiger partial charge >= 0.3 is 5.97 Å². The molecular weight excluding hydrogens is 272 g/mol. The average Bonchev–Trinajstić information content (AvgIpc) is 2.82. The number of hydrogen-bond donors (Lipinski definition) is 1. The topological polar surface area (TPSA) is 53.4 Å². The van der Waals surface area contributed by atoms with Gasteiger partial charge in [-0.25, -0.2) is 9.78 Å². The summed E-state index contributed by atoms with van der Waals surface area (Å²) in [5.41, 5.74) is 2.86. The van der Waals surface area contributed by atoms with Crippen LogP contribution >= 0.6 is 11.3 Å². The molecule has 0 bridgehead atoms. The van der Waals surface area contributed by atoms with Crippen LogP contribution in [0.4, 0.5) is 10.8 Å². The summed E-state index contributed by atoms with van der Waals surface area (Å²) in [6.45, 7) is 4.05. The van der Waals surface area contributed by atoms with Crippen molar-refractivity contribution in [1.82, 2.24) is 4.98 Å². The molecule has 2 aromatic rings. The van der Waals surface area contributed by atoms with Gasteiger partial charge in [-0.15, -0.1) is 0 Å². The van der Waals surface area contributed by atoms with Gasteiger partial charge in [-0.3, -0.25) is 0 Å². The third-order valence-electron chi connectivity index (χ3n) is 3.04. The first-order valence-electron chi connectivity index (χ1n) is 6.56. The Labute approximate surface area is 122 Å². The van der Waals surface area contributed by atoms with Crippen LogP contribution < -0.4 is 4.90 Å². The minimum Gasteiger partial charge on any atom is -0.477 e. The molecule has 0 amide bonds. The van der Waals surface area contributed by atoms with Gasteiger partial charge in [0.15, 0.2) is 5.13 Å². The molecule has 1 N–H and O–H groups in total. The molecule has 0 saturated heterocycles. The number of aryl methyl sites for hydroxylation is 2. The lowest BCUT2D eigenvalue weighted by molar-refractivity contribution is 0.0700. The number of nitrogens with zero attached hydrogens (tertiary/aromatic N) is 2. The highest BCUT2D eigenvalue weighted by Gasteiger charge is 2.19. The smallest absolute Gasteiger partial charge is 0.347 e. The average molecular weight is 290 g/mol. The van der Waals surface area contributed by atoms with E-state index in [0.29, 0.717) is 17.0 Å². The quantitative estimate of drug-likeness (QED) is 0.908. The van der Waals surface area contributed by atoms with Crippen LogP contribution in [0.1, 0.15) is 34.3 Å². The molecule has 2 rings (SSSR count). The van der Waals surface area contributed by atoms with Crippen LogP contribution in [0.3, 0.4) is 0 Å². The summed E-state index contributed by atoms with van der Waals surface area (Å²) in [6, 6.07) is 8.07. The van der Waals surface area contributed by atoms with Gasteiger partial charge in [0.25, 0.3) is 0 Å². The SMILES string of the molecule is CCCc1nc(N(C)c2cccc(C)c2)sc1C(=O)O. The lowest BCUT2D eigenvalue weighted by Gasteiger charge is -2.16. The zero-order chi connectivity index (χ0) is 14.7. The highest BCUT2D eigenvalue weighted by molar-refractivity contribution is 7.17. The maximum Gasteiger partial charge on any atom is 0.347 e. The molecule has 0 unspecified atom stereocenters. The summed E-state index contributed by atoms with van der Waals surface area (Å²) in [7, 11) is 1.91. The van der Waals surface area contributed by atoms with E-state index in [0.717, 1.165) is 22.8 Å². The van der Waals surface area contributed by atoms with Crippen molar-refractivity contribution in [2.24, 2.45) is 0 Å². The van der Waals surface area contributed by atoms with Gasteiger partial charge in [0.1, 0.15) is 4.88 Å². The van der Waals surface area contributed by atoms with Crippen LogP contribution in [0.25, 0.3) is 0 Å². The predicted octanol–water partition coefficient (Wildman–Crippen LogP) is 3.87. The van der Waals surface area contributed by atoms with Crippen molar-refractivity contribution in [2.75, 3.05) is 11.9 Å². The molecule has 1 aromatic heterocycles. The normalized spacial score (nSPS) is 10.6. The molecule has 1 heterocycles. The van der Waals surface area contributed by atoms with E-state index in [9.17, 15) is 9.90 Å². The fourth-order valence-corrected chi connectivity index (χ4v) is 2.94. The van der Waals surface area contributed by atoms with E-state index in [4.69, 9.17) is 0 Å². The Morgan fingerprint density at radius 2 is 2.20 bits per heavy atom. The largest absolute Gasteiger partial charge is 0.477 e. The number of aromatic nitrogens is 1. The summed E-state index contributed by atoms with van der Waals surface area (Å²) in [5.74, 6) is -0.894. The Hall–Kier alpha value is -1.88. The lowest BCUT2D eigenvalue weighted by atomic mass is 10.2. The Morgan fingerprint density at radius 3 is 2.80 bits per heavy atom. The first-order valence-corrected chi connectivity index (χ1v) is 7.38. The van der Waals surface area contributed by atoms with E-state index in [1.54, 1.807) is 0 Å². The summed E-state index contributed by atoms with van der Waals surface area (Å²) < 4.78 is 0. The Kier molecular flexibility index (Phi) is 4.39. The molecule has 0 spiro atoms. The van der Waals surface area contributed by atoms with Crippen molar-refractivity contribution < 1.29 is 9.90 Å². The molecule has 5 heteroatoms. The maximum absolute atomic E-state index is 11.3. The highest BCUT2D eigenvalue weighted by atomic mass is 32.1. The summed E-state index contributed by atoms with van der Waals surface area (Å²) in [5, 5.41) is 9.97. The second-order valence-electron chi connectivity index (χ2n) is 4.73. The fraction of sp³-hybridized carbons (Fsp3) is 0.333. The fourth-order valence-electron chi connectivity index (χ4n) is 2.00. The van der Waals surface area contributed by atoms with E-state index in [2.05, 4.69) is 11.1 Å². The third kappa shape index (κ3) is 2.99. The van der Waals surface area contributed by atoms with Gasteiger partial charge in [0, 0.05) is 12.7 Å². The Morgan fingerprint density at radius 1 is 1.45 bits per heavy atom. The molecule has 0 radical (unpaired) electrons. The molecule has 0 fully saturated rings. The first-order chi connectivity index (χ1) is 9.52. The van der Waals surface area contributed by atoms with Crippen LogP contribution in [-0.2, 0) is 6.42 Å². The van der Waals surface area contributed by atoms with E-state index in [-0.39, 0.29) is 0 Å². The van der Waals surface area contributed by atoms with Crippen molar-refractivity contribution in [3.05, 3.63) is 40.4 Å². The number of rotatable bonds is 5. The summed E-state index contributed by atoms with van der Waals surface area (Å²) in [6.07, 6.45) is 1.58. The molecule has 0 atom stereocenters.